The second-order valence-corrected chi connectivity index (χ2v) is 7.89. The summed E-state index contributed by atoms with van der Waals surface area (Å²) in [5.74, 6) is 0.793. The molecule has 136 valence electrons. The highest BCUT2D eigenvalue weighted by Crippen LogP contribution is 2.32. The first kappa shape index (κ1) is 16.8. The molecule has 0 radical (unpaired) electrons. The number of anilines is 2. The molecule has 4 aromatic heterocycles. The molecule has 5 rings (SSSR count). The van der Waals surface area contributed by atoms with Crippen LogP contribution in [0, 0.1) is 13.8 Å². The highest BCUT2D eigenvalue weighted by atomic mass is 32.1. The zero-order valence-corrected chi connectivity index (χ0v) is 16.3. The Morgan fingerprint density at radius 1 is 0.893 bits per heavy atom. The fourth-order valence-electron chi connectivity index (χ4n) is 3.30. The normalized spacial score (nSPS) is 11.2. The average Bonchev–Trinajstić information content (AvgIpc) is 3.07. The third kappa shape index (κ3) is 2.97. The van der Waals surface area contributed by atoms with Crippen molar-refractivity contribution in [3.63, 3.8) is 0 Å². The fourth-order valence-corrected chi connectivity index (χ4v) is 4.14. The van der Waals surface area contributed by atoms with Crippen LogP contribution in [0.5, 0.6) is 0 Å². The number of rotatable bonds is 3. The first-order chi connectivity index (χ1) is 13.7. The van der Waals surface area contributed by atoms with Gasteiger partial charge in [0.15, 0.2) is 0 Å². The lowest BCUT2D eigenvalue weighted by molar-refractivity contribution is 1.28. The summed E-state index contributed by atoms with van der Waals surface area (Å²) in [6, 6.07) is 14.2. The van der Waals surface area contributed by atoms with Gasteiger partial charge < -0.3 is 5.32 Å². The summed E-state index contributed by atoms with van der Waals surface area (Å²) in [6.07, 6.45) is 5.35. The smallest absolute Gasteiger partial charge is 0.140 e. The van der Waals surface area contributed by atoms with Crippen LogP contribution in [-0.4, -0.2) is 19.9 Å². The molecular weight excluding hydrogens is 366 g/mol. The van der Waals surface area contributed by atoms with E-state index in [1.165, 1.54) is 4.70 Å². The van der Waals surface area contributed by atoms with Crippen LogP contribution in [-0.2, 0) is 0 Å². The highest BCUT2D eigenvalue weighted by molar-refractivity contribution is 7.18. The number of thiazole rings is 1. The third-order valence-corrected chi connectivity index (χ3v) is 5.60. The van der Waals surface area contributed by atoms with Crippen LogP contribution in [0.15, 0.2) is 61.1 Å². The van der Waals surface area contributed by atoms with Crippen molar-refractivity contribution in [1.82, 2.24) is 19.9 Å². The maximum atomic E-state index is 4.90. The van der Waals surface area contributed by atoms with E-state index in [1.807, 2.05) is 37.3 Å². The van der Waals surface area contributed by atoms with Gasteiger partial charge in [0.2, 0.25) is 0 Å². The van der Waals surface area contributed by atoms with Gasteiger partial charge in [-0.15, -0.1) is 11.3 Å². The van der Waals surface area contributed by atoms with E-state index in [-0.39, 0.29) is 0 Å². The SMILES string of the molecule is Cc1nc2cc(C)c(Nc3nc(-c4ccncc4)cc4ncccc34)cc2s1. The van der Waals surface area contributed by atoms with Gasteiger partial charge >= 0.3 is 0 Å². The quantitative estimate of drug-likeness (QED) is 0.435. The van der Waals surface area contributed by atoms with E-state index in [0.717, 1.165) is 49.8 Å². The molecule has 28 heavy (non-hydrogen) atoms. The molecule has 0 aliphatic rings. The van der Waals surface area contributed by atoms with E-state index in [2.05, 4.69) is 39.3 Å². The summed E-state index contributed by atoms with van der Waals surface area (Å²) < 4.78 is 1.17. The predicted octanol–water partition coefficient (Wildman–Crippen LogP) is 5.66. The maximum Gasteiger partial charge on any atom is 0.140 e. The number of hydrogen-bond donors (Lipinski definition) is 1. The van der Waals surface area contributed by atoms with Gasteiger partial charge in [-0.05, 0) is 61.9 Å². The van der Waals surface area contributed by atoms with Crippen molar-refractivity contribution >= 4 is 44.0 Å². The number of nitrogens with one attached hydrogen (secondary N) is 1. The maximum absolute atomic E-state index is 4.90. The fraction of sp³-hybridized carbons (Fsp3) is 0.0909. The van der Waals surface area contributed by atoms with Crippen molar-refractivity contribution in [2.45, 2.75) is 13.8 Å². The van der Waals surface area contributed by atoms with Crippen LogP contribution in [0.4, 0.5) is 11.5 Å². The zero-order chi connectivity index (χ0) is 19.1. The number of benzene rings is 1. The molecule has 1 aromatic carbocycles. The standard InChI is InChI=1S/C22H17N5S/c1-13-10-20-21(28-14(2)25-20)12-17(13)26-22-16-4-3-7-24-19(16)11-18(27-22)15-5-8-23-9-6-15/h3-12H,1-2H3,(H,26,27). The van der Waals surface area contributed by atoms with Crippen molar-refractivity contribution in [1.29, 1.82) is 0 Å². The van der Waals surface area contributed by atoms with Crippen LogP contribution >= 0.6 is 11.3 Å². The minimum Gasteiger partial charge on any atom is -0.339 e. The minimum absolute atomic E-state index is 0.793. The molecule has 0 bridgehead atoms. The van der Waals surface area contributed by atoms with Crippen LogP contribution in [0.1, 0.15) is 10.6 Å². The molecule has 1 N–H and O–H groups in total. The van der Waals surface area contributed by atoms with Gasteiger partial charge in [0.1, 0.15) is 5.82 Å². The number of nitrogens with zero attached hydrogens (tertiary/aromatic N) is 4. The molecule has 0 spiro atoms. The lowest BCUT2D eigenvalue weighted by atomic mass is 10.1. The summed E-state index contributed by atoms with van der Waals surface area (Å²) in [5.41, 5.74) is 5.97. The minimum atomic E-state index is 0.793. The van der Waals surface area contributed by atoms with E-state index in [1.54, 1.807) is 29.9 Å². The second-order valence-electron chi connectivity index (χ2n) is 6.65. The summed E-state index contributed by atoms with van der Waals surface area (Å²) in [6.45, 7) is 4.12. The van der Waals surface area contributed by atoms with E-state index < -0.39 is 0 Å². The molecule has 4 heterocycles. The number of aromatic nitrogens is 4. The molecule has 0 saturated heterocycles. The Kier molecular flexibility index (Phi) is 3.98. The Hall–Kier alpha value is -3.38. The van der Waals surface area contributed by atoms with E-state index >= 15 is 0 Å². The van der Waals surface area contributed by atoms with Crippen molar-refractivity contribution in [2.75, 3.05) is 5.32 Å². The van der Waals surface area contributed by atoms with Crippen molar-refractivity contribution in [3.8, 4) is 11.3 Å². The highest BCUT2D eigenvalue weighted by Gasteiger charge is 2.11. The Labute approximate surface area is 166 Å². The van der Waals surface area contributed by atoms with Crippen LogP contribution in [0.2, 0.25) is 0 Å². The van der Waals surface area contributed by atoms with Crippen LogP contribution in [0.3, 0.4) is 0 Å². The van der Waals surface area contributed by atoms with Gasteiger partial charge in [-0.3, -0.25) is 9.97 Å². The van der Waals surface area contributed by atoms with E-state index in [0.29, 0.717) is 0 Å². The van der Waals surface area contributed by atoms with E-state index in [4.69, 9.17) is 4.98 Å². The molecule has 0 atom stereocenters. The molecule has 0 fully saturated rings. The Morgan fingerprint density at radius 3 is 2.61 bits per heavy atom. The van der Waals surface area contributed by atoms with Gasteiger partial charge in [-0.2, -0.15) is 0 Å². The summed E-state index contributed by atoms with van der Waals surface area (Å²) in [5, 5.41) is 5.59. The monoisotopic (exact) mass is 383 g/mol. The summed E-state index contributed by atoms with van der Waals surface area (Å²) in [4.78, 5) is 18.1. The van der Waals surface area contributed by atoms with Crippen LogP contribution < -0.4 is 5.32 Å². The molecule has 5 nitrogen and oxygen atoms in total. The number of hydrogen-bond acceptors (Lipinski definition) is 6. The van der Waals surface area contributed by atoms with E-state index in [9.17, 15) is 0 Å². The lowest BCUT2D eigenvalue weighted by Gasteiger charge is -2.13. The largest absolute Gasteiger partial charge is 0.339 e. The number of pyridine rings is 3. The lowest BCUT2D eigenvalue weighted by Crippen LogP contribution is -1.99. The van der Waals surface area contributed by atoms with Crippen LogP contribution in [0.25, 0.3) is 32.4 Å². The summed E-state index contributed by atoms with van der Waals surface area (Å²) >= 11 is 1.70. The molecule has 6 heteroatoms. The van der Waals surface area contributed by atoms with Crippen molar-refractivity contribution in [2.24, 2.45) is 0 Å². The van der Waals surface area contributed by atoms with Gasteiger partial charge in [0, 0.05) is 35.2 Å². The van der Waals surface area contributed by atoms with Crippen molar-refractivity contribution < 1.29 is 0 Å². The molecule has 0 saturated carbocycles. The first-order valence-corrected chi connectivity index (χ1v) is 9.80. The Morgan fingerprint density at radius 2 is 1.75 bits per heavy atom. The van der Waals surface area contributed by atoms with Gasteiger partial charge in [0.05, 0.1) is 26.4 Å². The molecule has 0 aliphatic heterocycles. The number of aryl methyl sites for hydroxylation is 2. The van der Waals surface area contributed by atoms with Crippen molar-refractivity contribution in [3.05, 3.63) is 71.6 Å². The third-order valence-electron chi connectivity index (χ3n) is 4.67. The summed E-state index contributed by atoms with van der Waals surface area (Å²) in [7, 11) is 0. The topological polar surface area (TPSA) is 63.6 Å². The molecule has 0 unspecified atom stereocenters. The molecular formula is C22H17N5S. The zero-order valence-electron chi connectivity index (χ0n) is 15.5. The van der Waals surface area contributed by atoms with Gasteiger partial charge in [-0.25, -0.2) is 9.97 Å². The molecule has 0 amide bonds. The second kappa shape index (κ2) is 6.65. The molecule has 5 aromatic rings. The predicted molar refractivity (Wildman–Crippen MR) is 115 cm³/mol. The van der Waals surface area contributed by atoms with Gasteiger partial charge in [-0.1, -0.05) is 0 Å². The Bertz CT molecular complexity index is 1310. The Balaban J connectivity index is 1.67. The average molecular weight is 383 g/mol. The number of fused-ring (bicyclic) bond motifs is 2. The first-order valence-electron chi connectivity index (χ1n) is 8.98. The molecule has 0 aliphatic carbocycles. The van der Waals surface area contributed by atoms with Gasteiger partial charge in [0.25, 0.3) is 0 Å².